The fourth-order valence-electron chi connectivity index (χ4n) is 3.24. The van der Waals surface area contributed by atoms with Gasteiger partial charge < -0.3 is 10.2 Å². The van der Waals surface area contributed by atoms with Gasteiger partial charge in [-0.25, -0.2) is 4.39 Å². The van der Waals surface area contributed by atoms with E-state index in [1.54, 1.807) is 24.3 Å². The van der Waals surface area contributed by atoms with E-state index in [-0.39, 0.29) is 17.8 Å². The van der Waals surface area contributed by atoms with E-state index in [9.17, 15) is 9.18 Å². The summed E-state index contributed by atoms with van der Waals surface area (Å²) in [6, 6.07) is 11.6. The summed E-state index contributed by atoms with van der Waals surface area (Å²) in [4.78, 5) is 16.7. The fourth-order valence-corrected chi connectivity index (χ4v) is 3.81. The summed E-state index contributed by atoms with van der Waals surface area (Å²) in [6.45, 7) is 5.41. The number of rotatable bonds is 5. The Hall–Kier alpha value is -1.82. The van der Waals surface area contributed by atoms with Gasteiger partial charge in [-0.05, 0) is 48.9 Å². The van der Waals surface area contributed by atoms with Gasteiger partial charge in [0.2, 0.25) is 5.91 Å². The number of piperazine rings is 1. The highest BCUT2D eigenvalue weighted by molar-refractivity contribution is 6.35. The van der Waals surface area contributed by atoms with Crippen molar-refractivity contribution in [3.05, 3.63) is 63.9 Å². The van der Waals surface area contributed by atoms with Crippen LogP contribution in [0.5, 0.6) is 0 Å². The molecule has 1 aliphatic rings. The molecule has 0 spiro atoms. The molecule has 3 rings (SSSR count). The standard InChI is InChI=1S/C20H22Cl2FN3O/c1-14(18-7-2-15(21)12-19(18)22)24-20(27)13-25-8-10-26(11-9-25)17-5-3-16(23)4-6-17/h2-7,12,14H,8-11,13H2,1H3,(H,24,27)/t14-/m1/s1. The monoisotopic (exact) mass is 409 g/mol. The second-order valence-corrected chi connectivity index (χ2v) is 7.54. The average molecular weight is 410 g/mol. The number of amides is 1. The number of nitrogens with zero attached hydrogens (tertiary/aromatic N) is 2. The first kappa shape index (κ1) is 19.9. The topological polar surface area (TPSA) is 35.6 Å². The quantitative estimate of drug-likeness (QED) is 0.805. The molecule has 1 heterocycles. The maximum Gasteiger partial charge on any atom is 0.234 e. The molecule has 2 aromatic carbocycles. The van der Waals surface area contributed by atoms with Crippen LogP contribution in [0.2, 0.25) is 10.0 Å². The molecule has 0 aromatic heterocycles. The van der Waals surface area contributed by atoms with Crippen LogP contribution < -0.4 is 10.2 Å². The summed E-state index contributed by atoms with van der Waals surface area (Å²) in [5.41, 5.74) is 1.85. The zero-order valence-electron chi connectivity index (χ0n) is 15.1. The fraction of sp³-hybridized carbons (Fsp3) is 0.350. The van der Waals surface area contributed by atoms with E-state index in [1.807, 2.05) is 13.0 Å². The molecular formula is C20H22Cl2FN3O. The van der Waals surface area contributed by atoms with Crippen molar-refractivity contribution >= 4 is 34.8 Å². The number of nitrogens with one attached hydrogen (secondary N) is 1. The predicted octanol–water partition coefficient (Wildman–Crippen LogP) is 4.13. The van der Waals surface area contributed by atoms with Crippen LogP contribution in [-0.4, -0.2) is 43.5 Å². The number of anilines is 1. The molecule has 1 amide bonds. The van der Waals surface area contributed by atoms with E-state index in [4.69, 9.17) is 23.2 Å². The molecule has 0 radical (unpaired) electrons. The van der Waals surface area contributed by atoms with Crippen LogP contribution in [0.3, 0.4) is 0 Å². The van der Waals surface area contributed by atoms with Crippen LogP contribution in [0.4, 0.5) is 10.1 Å². The van der Waals surface area contributed by atoms with Gasteiger partial charge in [0.25, 0.3) is 0 Å². The van der Waals surface area contributed by atoms with Crippen LogP contribution in [0.25, 0.3) is 0 Å². The lowest BCUT2D eigenvalue weighted by atomic mass is 10.1. The number of halogens is 3. The van der Waals surface area contributed by atoms with Crippen LogP contribution in [-0.2, 0) is 4.79 Å². The zero-order valence-corrected chi connectivity index (χ0v) is 16.6. The Labute approximate surface area is 168 Å². The lowest BCUT2D eigenvalue weighted by molar-refractivity contribution is -0.123. The van der Waals surface area contributed by atoms with E-state index in [1.165, 1.54) is 12.1 Å². The van der Waals surface area contributed by atoms with Crippen molar-refractivity contribution in [3.8, 4) is 0 Å². The van der Waals surface area contributed by atoms with Crippen LogP contribution in [0.15, 0.2) is 42.5 Å². The molecule has 2 aromatic rings. The third kappa shape index (κ3) is 5.34. The Morgan fingerprint density at radius 3 is 2.41 bits per heavy atom. The van der Waals surface area contributed by atoms with Crippen molar-refractivity contribution in [2.75, 3.05) is 37.6 Å². The molecule has 1 fully saturated rings. The van der Waals surface area contributed by atoms with Gasteiger partial charge in [0.1, 0.15) is 5.82 Å². The minimum absolute atomic E-state index is 0.0382. The molecular weight excluding hydrogens is 388 g/mol. The third-order valence-electron chi connectivity index (χ3n) is 4.74. The van der Waals surface area contributed by atoms with Crippen molar-refractivity contribution < 1.29 is 9.18 Å². The van der Waals surface area contributed by atoms with Crippen molar-refractivity contribution in [3.63, 3.8) is 0 Å². The molecule has 0 unspecified atom stereocenters. The smallest absolute Gasteiger partial charge is 0.234 e. The van der Waals surface area contributed by atoms with Crippen molar-refractivity contribution in [1.82, 2.24) is 10.2 Å². The number of carbonyl (C=O) groups is 1. The summed E-state index contributed by atoms with van der Waals surface area (Å²) in [7, 11) is 0. The highest BCUT2D eigenvalue weighted by Crippen LogP contribution is 2.26. The second kappa shape index (κ2) is 8.91. The Balaban J connectivity index is 1.48. The molecule has 1 atom stereocenters. The molecule has 0 saturated carbocycles. The Kier molecular flexibility index (Phi) is 6.58. The number of benzene rings is 2. The van der Waals surface area contributed by atoms with Gasteiger partial charge in [-0.2, -0.15) is 0 Å². The molecule has 27 heavy (non-hydrogen) atoms. The third-order valence-corrected chi connectivity index (χ3v) is 5.30. The van der Waals surface area contributed by atoms with Gasteiger partial charge in [-0.3, -0.25) is 9.69 Å². The van der Waals surface area contributed by atoms with Gasteiger partial charge in [0.05, 0.1) is 12.6 Å². The van der Waals surface area contributed by atoms with Gasteiger partial charge in [-0.1, -0.05) is 29.3 Å². The SMILES string of the molecule is C[C@@H](NC(=O)CN1CCN(c2ccc(F)cc2)CC1)c1ccc(Cl)cc1Cl. The predicted molar refractivity (Wildman–Crippen MR) is 108 cm³/mol. The Morgan fingerprint density at radius 2 is 1.78 bits per heavy atom. The number of hydrogen-bond donors (Lipinski definition) is 1. The summed E-state index contributed by atoms with van der Waals surface area (Å²) < 4.78 is 13.0. The highest BCUT2D eigenvalue weighted by atomic mass is 35.5. The molecule has 0 bridgehead atoms. The van der Waals surface area contributed by atoms with Crippen LogP contribution >= 0.6 is 23.2 Å². The molecule has 1 saturated heterocycles. The molecule has 7 heteroatoms. The number of carbonyl (C=O) groups excluding carboxylic acids is 1. The van der Waals surface area contributed by atoms with Gasteiger partial charge in [0, 0.05) is 41.9 Å². The van der Waals surface area contributed by atoms with Gasteiger partial charge >= 0.3 is 0 Å². The minimum Gasteiger partial charge on any atom is -0.369 e. The van der Waals surface area contributed by atoms with E-state index < -0.39 is 0 Å². The lowest BCUT2D eigenvalue weighted by Crippen LogP contribution is -2.49. The van der Waals surface area contributed by atoms with E-state index >= 15 is 0 Å². The average Bonchev–Trinajstić information content (AvgIpc) is 2.63. The van der Waals surface area contributed by atoms with Gasteiger partial charge in [0.15, 0.2) is 0 Å². The maximum atomic E-state index is 13.0. The van der Waals surface area contributed by atoms with Crippen molar-refractivity contribution in [2.45, 2.75) is 13.0 Å². The molecule has 1 N–H and O–H groups in total. The molecule has 144 valence electrons. The second-order valence-electron chi connectivity index (χ2n) is 6.69. The maximum absolute atomic E-state index is 13.0. The van der Waals surface area contributed by atoms with Gasteiger partial charge in [-0.15, -0.1) is 0 Å². The normalized spacial score (nSPS) is 16.2. The lowest BCUT2D eigenvalue weighted by Gasteiger charge is -2.35. The van der Waals surface area contributed by atoms with E-state index in [2.05, 4.69) is 15.1 Å². The van der Waals surface area contributed by atoms with Crippen molar-refractivity contribution in [2.24, 2.45) is 0 Å². The summed E-state index contributed by atoms with van der Waals surface area (Å²) >= 11 is 12.1. The summed E-state index contributed by atoms with van der Waals surface area (Å²) in [5, 5.41) is 4.10. The van der Waals surface area contributed by atoms with Crippen LogP contribution in [0, 0.1) is 5.82 Å². The summed E-state index contributed by atoms with van der Waals surface area (Å²) in [5.74, 6) is -0.271. The largest absolute Gasteiger partial charge is 0.369 e. The number of hydrogen-bond acceptors (Lipinski definition) is 3. The summed E-state index contributed by atoms with van der Waals surface area (Å²) in [6.07, 6.45) is 0. The first-order chi connectivity index (χ1) is 12.9. The molecule has 0 aliphatic carbocycles. The van der Waals surface area contributed by atoms with Crippen LogP contribution in [0.1, 0.15) is 18.5 Å². The van der Waals surface area contributed by atoms with E-state index in [0.717, 1.165) is 37.4 Å². The first-order valence-electron chi connectivity index (χ1n) is 8.89. The Morgan fingerprint density at radius 1 is 1.11 bits per heavy atom. The molecule has 1 aliphatic heterocycles. The van der Waals surface area contributed by atoms with Crippen molar-refractivity contribution in [1.29, 1.82) is 0 Å². The van der Waals surface area contributed by atoms with E-state index in [0.29, 0.717) is 16.6 Å². The minimum atomic E-state index is -0.232. The first-order valence-corrected chi connectivity index (χ1v) is 9.65. The zero-order chi connectivity index (χ0) is 19.4. The Bertz CT molecular complexity index is 792. The molecule has 4 nitrogen and oxygen atoms in total. The highest BCUT2D eigenvalue weighted by Gasteiger charge is 2.20.